The van der Waals surface area contributed by atoms with Gasteiger partial charge in [0.2, 0.25) is 0 Å². The van der Waals surface area contributed by atoms with Gasteiger partial charge in [0.05, 0.1) is 15.2 Å². The third-order valence-corrected chi connectivity index (χ3v) is 4.17. The van der Waals surface area contributed by atoms with Gasteiger partial charge in [-0.25, -0.2) is 4.98 Å². The number of para-hydroxylation sites is 1. The molecule has 0 spiro atoms. The summed E-state index contributed by atoms with van der Waals surface area (Å²) in [5, 5.41) is 4.80. The molecule has 0 fully saturated rings. The average Bonchev–Trinajstić information content (AvgIpc) is 2.84. The molecule has 0 amide bonds. The quantitative estimate of drug-likeness (QED) is 0.805. The molecule has 0 saturated carbocycles. The van der Waals surface area contributed by atoms with E-state index in [1.807, 2.05) is 6.07 Å². The van der Waals surface area contributed by atoms with Gasteiger partial charge in [0.1, 0.15) is 0 Å². The predicted molar refractivity (Wildman–Crippen MR) is 81.9 cm³/mol. The Labute approximate surface area is 119 Å². The van der Waals surface area contributed by atoms with Gasteiger partial charge < -0.3 is 10.1 Å². The maximum atomic E-state index is 5.19. The lowest BCUT2D eigenvalue weighted by atomic mass is 10.1. The van der Waals surface area contributed by atoms with Crippen molar-refractivity contribution >= 4 is 21.6 Å². The molecule has 2 aromatic rings. The summed E-state index contributed by atoms with van der Waals surface area (Å²) < 4.78 is 6.47. The minimum atomic E-state index is 0.459. The Balaban J connectivity index is 2.01. The van der Waals surface area contributed by atoms with Gasteiger partial charge in [0.25, 0.3) is 0 Å². The fourth-order valence-corrected chi connectivity index (χ4v) is 3.15. The van der Waals surface area contributed by atoms with Gasteiger partial charge in [-0.3, -0.25) is 0 Å². The number of aromatic nitrogens is 1. The summed E-state index contributed by atoms with van der Waals surface area (Å²) in [6.45, 7) is 4.05. The molecule has 3 nitrogen and oxygen atoms in total. The lowest BCUT2D eigenvalue weighted by Crippen LogP contribution is -2.32. The van der Waals surface area contributed by atoms with E-state index >= 15 is 0 Å². The summed E-state index contributed by atoms with van der Waals surface area (Å²) in [6.07, 6.45) is 3.18. The molecule has 0 radical (unpaired) electrons. The second-order valence-corrected chi connectivity index (χ2v) is 5.83. The number of hydrogen-bond acceptors (Lipinski definition) is 4. The Bertz CT molecular complexity index is 457. The molecule has 104 valence electrons. The Morgan fingerprint density at radius 3 is 2.95 bits per heavy atom. The second-order valence-electron chi connectivity index (χ2n) is 4.71. The summed E-state index contributed by atoms with van der Waals surface area (Å²) in [4.78, 5) is 4.71. The van der Waals surface area contributed by atoms with Crippen LogP contribution >= 0.6 is 11.3 Å². The molecule has 0 aliphatic heterocycles. The first-order valence-corrected chi connectivity index (χ1v) is 7.72. The lowest BCUT2D eigenvalue weighted by molar-refractivity contribution is 0.182. The Morgan fingerprint density at radius 1 is 1.37 bits per heavy atom. The number of ether oxygens (including phenoxy) is 1. The SMILES string of the molecule is CCCNC(CCOC)Cc1nc2ccccc2s1. The number of nitrogens with zero attached hydrogens (tertiary/aromatic N) is 1. The number of fused-ring (bicyclic) bond motifs is 1. The zero-order valence-corrected chi connectivity index (χ0v) is 12.5. The molecule has 1 aromatic heterocycles. The summed E-state index contributed by atoms with van der Waals surface area (Å²) in [6, 6.07) is 8.80. The van der Waals surface area contributed by atoms with Crippen molar-refractivity contribution in [3.63, 3.8) is 0 Å². The van der Waals surface area contributed by atoms with Crippen molar-refractivity contribution in [3.05, 3.63) is 29.3 Å². The van der Waals surface area contributed by atoms with Gasteiger partial charge in [0.15, 0.2) is 0 Å². The molecule has 1 atom stereocenters. The molecule has 1 unspecified atom stereocenters. The smallest absolute Gasteiger partial charge is 0.0954 e. The first kappa shape index (κ1) is 14.4. The van der Waals surface area contributed by atoms with Crippen LogP contribution in [0.5, 0.6) is 0 Å². The van der Waals surface area contributed by atoms with E-state index in [0.717, 1.165) is 37.9 Å². The molecule has 0 saturated heterocycles. The molecule has 1 heterocycles. The molecule has 0 aliphatic carbocycles. The van der Waals surface area contributed by atoms with Gasteiger partial charge in [-0.15, -0.1) is 11.3 Å². The van der Waals surface area contributed by atoms with E-state index in [1.165, 1.54) is 9.71 Å². The highest BCUT2D eigenvalue weighted by Crippen LogP contribution is 2.22. The van der Waals surface area contributed by atoms with Crippen molar-refractivity contribution in [2.24, 2.45) is 0 Å². The van der Waals surface area contributed by atoms with Crippen LogP contribution in [0.2, 0.25) is 0 Å². The number of rotatable bonds is 8. The number of methoxy groups -OCH3 is 1. The molecule has 1 N–H and O–H groups in total. The van der Waals surface area contributed by atoms with Crippen molar-refractivity contribution in [3.8, 4) is 0 Å². The maximum Gasteiger partial charge on any atom is 0.0954 e. The van der Waals surface area contributed by atoms with Crippen molar-refractivity contribution < 1.29 is 4.74 Å². The van der Waals surface area contributed by atoms with E-state index in [4.69, 9.17) is 9.72 Å². The van der Waals surface area contributed by atoms with E-state index in [9.17, 15) is 0 Å². The number of hydrogen-bond donors (Lipinski definition) is 1. The van der Waals surface area contributed by atoms with Crippen LogP contribution in [-0.2, 0) is 11.2 Å². The normalized spacial score (nSPS) is 12.9. The largest absolute Gasteiger partial charge is 0.385 e. The number of thiazole rings is 1. The topological polar surface area (TPSA) is 34.1 Å². The summed E-state index contributed by atoms with van der Waals surface area (Å²) in [5.41, 5.74) is 1.11. The fraction of sp³-hybridized carbons (Fsp3) is 0.533. The molecule has 0 bridgehead atoms. The molecular weight excluding hydrogens is 256 g/mol. The van der Waals surface area contributed by atoms with Gasteiger partial charge in [-0.05, 0) is 31.5 Å². The van der Waals surface area contributed by atoms with Gasteiger partial charge >= 0.3 is 0 Å². The fourth-order valence-electron chi connectivity index (χ4n) is 2.10. The number of nitrogens with one attached hydrogen (secondary N) is 1. The third kappa shape index (κ3) is 4.27. The highest BCUT2D eigenvalue weighted by molar-refractivity contribution is 7.18. The van der Waals surface area contributed by atoms with E-state index < -0.39 is 0 Å². The molecule has 0 aliphatic rings. The molecule has 2 rings (SSSR count). The van der Waals surface area contributed by atoms with Crippen molar-refractivity contribution in [1.29, 1.82) is 0 Å². The zero-order chi connectivity index (χ0) is 13.5. The van der Waals surface area contributed by atoms with E-state index in [1.54, 1.807) is 18.4 Å². The van der Waals surface area contributed by atoms with Crippen LogP contribution in [0.3, 0.4) is 0 Å². The first-order valence-electron chi connectivity index (χ1n) is 6.90. The van der Waals surface area contributed by atoms with Gasteiger partial charge in [-0.1, -0.05) is 19.1 Å². The van der Waals surface area contributed by atoms with E-state index in [0.29, 0.717) is 6.04 Å². The minimum Gasteiger partial charge on any atom is -0.385 e. The molecular formula is C15H22N2OS. The van der Waals surface area contributed by atoms with Crippen LogP contribution in [0.1, 0.15) is 24.8 Å². The Kier molecular flexibility index (Phi) is 5.76. The highest BCUT2D eigenvalue weighted by atomic mass is 32.1. The predicted octanol–water partition coefficient (Wildman–Crippen LogP) is 3.24. The molecule has 1 aromatic carbocycles. The second kappa shape index (κ2) is 7.58. The maximum absolute atomic E-state index is 5.19. The lowest BCUT2D eigenvalue weighted by Gasteiger charge is -2.16. The van der Waals surface area contributed by atoms with Crippen LogP contribution in [0, 0.1) is 0 Å². The van der Waals surface area contributed by atoms with Crippen LogP contribution < -0.4 is 5.32 Å². The van der Waals surface area contributed by atoms with Gasteiger partial charge in [-0.2, -0.15) is 0 Å². The van der Waals surface area contributed by atoms with Crippen LogP contribution in [-0.4, -0.2) is 31.3 Å². The van der Waals surface area contributed by atoms with Crippen molar-refractivity contribution in [2.45, 2.75) is 32.2 Å². The highest BCUT2D eigenvalue weighted by Gasteiger charge is 2.12. The Hall–Kier alpha value is -0.970. The third-order valence-electron chi connectivity index (χ3n) is 3.11. The van der Waals surface area contributed by atoms with Crippen molar-refractivity contribution in [2.75, 3.05) is 20.3 Å². The minimum absolute atomic E-state index is 0.459. The van der Waals surface area contributed by atoms with Crippen LogP contribution in [0.15, 0.2) is 24.3 Å². The van der Waals surface area contributed by atoms with Crippen LogP contribution in [0.25, 0.3) is 10.2 Å². The Morgan fingerprint density at radius 2 is 2.21 bits per heavy atom. The zero-order valence-electron chi connectivity index (χ0n) is 11.7. The average molecular weight is 278 g/mol. The molecule has 19 heavy (non-hydrogen) atoms. The summed E-state index contributed by atoms with van der Waals surface area (Å²) >= 11 is 1.80. The monoisotopic (exact) mass is 278 g/mol. The first-order chi connectivity index (χ1) is 9.33. The molecule has 4 heteroatoms. The summed E-state index contributed by atoms with van der Waals surface area (Å²) in [5.74, 6) is 0. The van der Waals surface area contributed by atoms with Crippen molar-refractivity contribution in [1.82, 2.24) is 10.3 Å². The summed E-state index contributed by atoms with van der Waals surface area (Å²) in [7, 11) is 1.76. The number of benzene rings is 1. The van der Waals surface area contributed by atoms with Gasteiger partial charge in [0, 0.05) is 26.2 Å². The van der Waals surface area contributed by atoms with E-state index in [2.05, 4.69) is 30.4 Å². The standard InChI is InChI=1S/C15H22N2OS/c1-3-9-16-12(8-10-18-2)11-15-17-13-6-4-5-7-14(13)19-15/h4-7,12,16H,3,8-11H2,1-2H3. The van der Waals surface area contributed by atoms with E-state index in [-0.39, 0.29) is 0 Å². The van der Waals surface area contributed by atoms with Crippen LogP contribution in [0.4, 0.5) is 0 Å².